The van der Waals surface area contributed by atoms with Gasteiger partial charge in [-0.05, 0) is 58.4 Å². The van der Waals surface area contributed by atoms with Crippen LogP contribution in [0.3, 0.4) is 0 Å². The van der Waals surface area contributed by atoms with Gasteiger partial charge in [0.25, 0.3) is 0 Å². The van der Waals surface area contributed by atoms with E-state index in [1.807, 2.05) is 32.2 Å². The van der Waals surface area contributed by atoms with Crippen LogP contribution in [0.15, 0.2) is 46.3 Å². The summed E-state index contributed by atoms with van der Waals surface area (Å²) in [5, 5.41) is 6.52. The largest absolute Gasteiger partial charge is 0.309 e. The molecule has 0 aliphatic carbocycles. The SMILES string of the molecule is CNC(c1cc(C)ccc1F)c1csc2c(Br)cccc12. The van der Waals surface area contributed by atoms with Crippen molar-refractivity contribution >= 4 is 37.4 Å². The highest BCUT2D eigenvalue weighted by Crippen LogP contribution is 2.37. The lowest BCUT2D eigenvalue weighted by atomic mass is 9.96. The van der Waals surface area contributed by atoms with Crippen LogP contribution in [0.4, 0.5) is 4.39 Å². The van der Waals surface area contributed by atoms with Gasteiger partial charge in [0.1, 0.15) is 5.82 Å². The first-order valence-corrected chi connectivity index (χ1v) is 8.38. The fourth-order valence-corrected chi connectivity index (χ4v) is 4.28. The predicted molar refractivity (Wildman–Crippen MR) is 91.6 cm³/mol. The second-order valence-corrected chi connectivity index (χ2v) is 6.79. The van der Waals surface area contributed by atoms with Crippen LogP contribution in [0, 0.1) is 12.7 Å². The van der Waals surface area contributed by atoms with Crippen molar-refractivity contribution in [1.82, 2.24) is 5.32 Å². The van der Waals surface area contributed by atoms with Gasteiger partial charge in [0.2, 0.25) is 0 Å². The van der Waals surface area contributed by atoms with E-state index in [9.17, 15) is 4.39 Å². The summed E-state index contributed by atoms with van der Waals surface area (Å²) in [5.41, 5.74) is 2.87. The molecule has 1 aromatic heterocycles. The van der Waals surface area contributed by atoms with Gasteiger partial charge in [0.05, 0.1) is 6.04 Å². The fraction of sp³-hybridized carbons (Fsp3) is 0.176. The quantitative estimate of drug-likeness (QED) is 0.654. The molecule has 1 N–H and O–H groups in total. The summed E-state index contributed by atoms with van der Waals surface area (Å²) in [5.74, 6) is -0.172. The molecule has 0 amide bonds. The van der Waals surface area contributed by atoms with Crippen molar-refractivity contribution < 1.29 is 4.39 Å². The number of aryl methyl sites for hydroxylation is 1. The zero-order chi connectivity index (χ0) is 15.0. The van der Waals surface area contributed by atoms with Gasteiger partial charge in [-0.2, -0.15) is 0 Å². The minimum Gasteiger partial charge on any atom is -0.309 e. The molecule has 0 spiro atoms. The average molecular weight is 364 g/mol. The zero-order valence-electron chi connectivity index (χ0n) is 11.8. The maximum atomic E-state index is 14.2. The lowest BCUT2D eigenvalue weighted by Crippen LogP contribution is -2.18. The Hall–Kier alpha value is -1.23. The van der Waals surface area contributed by atoms with Gasteiger partial charge in [0, 0.05) is 14.7 Å². The molecule has 0 bridgehead atoms. The van der Waals surface area contributed by atoms with Crippen LogP contribution in [-0.4, -0.2) is 7.05 Å². The third kappa shape index (κ3) is 2.63. The van der Waals surface area contributed by atoms with Gasteiger partial charge in [-0.25, -0.2) is 4.39 Å². The van der Waals surface area contributed by atoms with Crippen LogP contribution >= 0.6 is 27.3 Å². The van der Waals surface area contributed by atoms with Gasteiger partial charge < -0.3 is 5.32 Å². The minimum atomic E-state index is -0.172. The molecule has 0 aliphatic rings. The Labute approximate surface area is 135 Å². The lowest BCUT2D eigenvalue weighted by Gasteiger charge is -2.18. The molecule has 0 radical (unpaired) electrons. The smallest absolute Gasteiger partial charge is 0.128 e. The van der Waals surface area contributed by atoms with E-state index in [1.54, 1.807) is 23.5 Å². The summed E-state index contributed by atoms with van der Waals surface area (Å²) < 4.78 is 16.5. The van der Waals surface area contributed by atoms with Crippen molar-refractivity contribution in [1.29, 1.82) is 0 Å². The molecule has 0 saturated carbocycles. The summed E-state index contributed by atoms with van der Waals surface area (Å²) in [6.45, 7) is 1.98. The molecule has 0 aliphatic heterocycles. The molecular formula is C17H15BrFNS. The van der Waals surface area contributed by atoms with Crippen LogP contribution < -0.4 is 5.32 Å². The van der Waals surface area contributed by atoms with Crippen LogP contribution in [-0.2, 0) is 0 Å². The van der Waals surface area contributed by atoms with E-state index in [2.05, 4.69) is 32.7 Å². The van der Waals surface area contributed by atoms with Crippen LogP contribution in [0.2, 0.25) is 0 Å². The molecule has 21 heavy (non-hydrogen) atoms. The van der Waals surface area contributed by atoms with E-state index < -0.39 is 0 Å². The van der Waals surface area contributed by atoms with Gasteiger partial charge >= 0.3 is 0 Å². The molecule has 3 rings (SSSR count). The second kappa shape index (κ2) is 5.87. The van der Waals surface area contributed by atoms with Gasteiger partial charge in [-0.3, -0.25) is 0 Å². The Bertz CT molecular complexity index is 797. The molecular weight excluding hydrogens is 349 g/mol. The Kier molecular flexibility index (Phi) is 4.11. The normalized spacial score (nSPS) is 12.8. The summed E-state index contributed by atoms with van der Waals surface area (Å²) in [6.07, 6.45) is 0. The first-order chi connectivity index (χ1) is 10.1. The Balaban J connectivity index is 2.19. The van der Waals surface area contributed by atoms with Crippen molar-refractivity contribution in [2.75, 3.05) is 7.05 Å². The highest BCUT2D eigenvalue weighted by molar-refractivity contribution is 9.10. The summed E-state index contributed by atoms with van der Waals surface area (Å²) in [4.78, 5) is 0. The zero-order valence-corrected chi connectivity index (χ0v) is 14.2. The van der Waals surface area contributed by atoms with E-state index in [1.165, 1.54) is 4.70 Å². The molecule has 1 heterocycles. The minimum absolute atomic E-state index is 0.145. The van der Waals surface area contributed by atoms with Crippen LogP contribution in [0.25, 0.3) is 10.1 Å². The second-order valence-electron chi connectivity index (χ2n) is 5.05. The maximum Gasteiger partial charge on any atom is 0.128 e. The lowest BCUT2D eigenvalue weighted by molar-refractivity contribution is 0.577. The van der Waals surface area contributed by atoms with Crippen molar-refractivity contribution in [3.8, 4) is 0 Å². The highest BCUT2D eigenvalue weighted by Gasteiger charge is 2.20. The van der Waals surface area contributed by atoms with E-state index in [0.29, 0.717) is 5.56 Å². The maximum absolute atomic E-state index is 14.2. The Morgan fingerprint density at radius 2 is 2.00 bits per heavy atom. The van der Waals surface area contributed by atoms with E-state index in [0.717, 1.165) is 21.0 Å². The van der Waals surface area contributed by atoms with Gasteiger partial charge in [-0.1, -0.05) is 29.8 Å². The van der Waals surface area contributed by atoms with E-state index in [-0.39, 0.29) is 11.9 Å². The number of halogens is 2. The average Bonchev–Trinajstić information content (AvgIpc) is 2.89. The van der Waals surface area contributed by atoms with Crippen LogP contribution in [0.1, 0.15) is 22.7 Å². The molecule has 3 aromatic rings. The molecule has 0 fully saturated rings. The standard InChI is InChI=1S/C17H15BrFNS/c1-10-6-7-15(19)12(8-10)16(20-2)13-9-21-17-11(13)4-3-5-14(17)18/h3-9,16,20H,1-2H3. The van der Waals surface area contributed by atoms with Crippen molar-refractivity contribution in [2.24, 2.45) is 0 Å². The monoisotopic (exact) mass is 363 g/mol. The Morgan fingerprint density at radius 3 is 2.76 bits per heavy atom. The summed E-state index contributed by atoms with van der Waals surface area (Å²) >= 11 is 5.26. The van der Waals surface area contributed by atoms with Crippen molar-refractivity contribution in [2.45, 2.75) is 13.0 Å². The third-order valence-electron chi connectivity index (χ3n) is 3.64. The first-order valence-electron chi connectivity index (χ1n) is 6.70. The number of benzene rings is 2. The molecule has 108 valence electrons. The topological polar surface area (TPSA) is 12.0 Å². The van der Waals surface area contributed by atoms with Gasteiger partial charge in [-0.15, -0.1) is 11.3 Å². The van der Waals surface area contributed by atoms with Crippen molar-refractivity contribution in [3.63, 3.8) is 0 Å². The molecule has 0 saturated heterocycles. The number of hydrogen-bond acceptors (Lipinski definition) is 2. The fourth-order valence-electron chi connectivity index (χ4n) is 2.63. The van der Waals surface area contributed by atoms with Crippen molar-refractivity contribution in [3.05, 3.63) is 68.8 Å². The highest BCUT2D eigenvalue weighted by atomic mass is 79.9. The molecule has 1 unspecified atom stereocenters. The molecule has 1 atom stereocenters. The first kappa shape index (κ1) is 14.7. The number of thiophene rings is 1. The third-order valence-corrected chi connectivity index (χ3v) is 5.61. The Morgan fingerprint density at radius 1 is 1.19 bits per heavy atom. The predicted octanol–water partition coefficient (Wildman–Crippen LogP) is 5.42. The number of nitrogens with one attached hydrogen (secondary N) is 1. The summed E-state index contributed by atoms with van der Waals surface area (Å²) in [7, 11) is 1.87. The summed E-state index contributed by atoms with van der Waals surface area (Å²) in [6, 6.07) is 11.2. The number of hydrogen-bond donors (Lipinski definition) is 1. The number of rotatable bonds is 3. The molecule has 4 heteroatoms. The molecule has 2 aromatic carbocycles. The van der Waals surface area contributed by atoms with E-state index in [4.69, 9.17) is 0 Å². The molecule has 1 nitrogen and oxygen atoms in total. The number of fused-ring (bicyclic) bond motifs is 1. The van der Waals surface area contributed by atoms with Gasteiger partial charge in [0.15, 0.2) is 0 Å². The van der Waals surface area contributed by atoms with Crippen LogP contribution in [0.5, 0.6) is 0 Å². The van der Waals surface area contributed by atoms with E-state index >= 15 is 0 Å².